The van der Waals surface area contributed by atoms with E-state index in [9.17, 15) is 9.59 Å². The van der Waals surface area contributed by atoms with Gasteiger partial charge in [0.05, 0.1) is 15.6 Å². The standard InChI is InChI=1S/C11H12Cl2N2O2/c1-6(2)10(16)14-15-11(17)7-4-3-5-8(12)9(7)13/h3-6H,1-2H3,(H,14,16)(H,15,17). The van der Waals surface area contributed by atoms with Crippen LogP contribution in [0.25, 0.3) is 0 Å². The van der Waals surface area contributed by atoms with Crippen molar-refractivity contribution < 1.29 is 9.59 Å². The first-order valence-corrected chi connectivity index (χ1v) is 5.73. The molecule has 92 valence electrons. The van der Waals surface area contributed by atoms with Gasteiger partial charge in [-0.3, -0.25) is 20.4 Å². The van der Waals surface area contributed by atoms with Gasteiger partial charge in [0.15, 0.2) is 0 Å². The van der Waals surface area contributed by atoms with Crippen molar-refractivity contribution in [1.29, 1.82) is 0 Å². The molecule has 0 saturated carbocycles. The summed E-state index contributed by atoms with van der Waals surface area (Å²) in [7, 11) is 0. The number of halogens is 2. The molecule has 0 saturated heterocycles. The molecule has 0 spiro atoms. The molecular weight excluding hydrogens is 263 g/mol. The maximum absolute atomic E-state index is 11.7. The number of benzene rings is 1. The molecule has 0 aliphatic carbocycles. The van der Waals surface area contributed by atoms with Crippen molar-refractivity contribution in [2.45, 2.75) is 13.8 Å². The minimum Gasteiger partial charge on any atom is -0.273 e. The molecule has 0 radical (unpaired) electrons. The predicted molar refractivity (Wildman–Crippen MR) is 66.9 cm³/mol. The topological polar surface area (TPSA) is 58.2 Å². The van der Waals surface area contributed by atoms with Crippen molar-refractivity contribution in [2.24, 2.45) is 5.92 Å². The lowest BCUT2D eigenvalue weighted by molar-refractivity contribution is -0.124. The van der Waals surface area contributed by atoms with E-state index in [4.69, 9.17) is 23.2 Å². The highest BCUT2D eigenvalue weighted by Gasteiger charge is 2.14. The largest absolute Gasteiger partial charge is 0.273 e. The van der Waals surface area contributed by atoms with E-state index in [0.717, 1.165) is 0 Å². The number of carbonyl (C=O) groups excluding carboxylic acids is 2. The van der Waals surface area contributed by atoms with Crippen LogP contribution in [0.15, 0.2) is 18.2 Å². The van der Waals surface area contributed by atoms with Crippen LogP contribution in [-0.2, 0) is 4.79 Å². The van der Waals surface area contributed by atoms with E-state index in [0.29, 0.717) is 0 Å². The van der Waals surface area contributed by atoms with E-state index in [1.165, 1.54) is 6.07 Å². The monoisotopic (exact) mass is 274 g/mol. The van der Waals surface area contributed by atoms with Gasteiger partial charge >= 0.3 is 0 Å². The van der Waals surface area contributed by atoms with E-state index < -0.39 is 5.91 Å². The molecule has 6 heteroatoms. The van der Waals surface area contributed by atoms with Crippen molar-refractivity contribution in [1.82, 2.24) is 10.9 Å². The second kappa shape index (κ2) is 5.89. The molecule has 2 amide bonds. The van der Waals surface area contributed by atoms with Crippen LogP contribution in [0, 0.1) is 5.92 Å². The lowest BCUT2D eigenvalue weighted by Crippen LogP contribution is -2.43. The first-order chi connectivity index (χ1) is 7.93. The Balaban J connectivity index is 2.71. The molecule has 17 heavy (non-hydrogen) atoms. The fourth-order valence-corrected chi connectivity index (χ4v) is 1.40. The molecule has 0 aliphatic heterocycles. The number of hydrogen-bond donors (Lipinski definition) is 2. The highest BCUT2D eigenvalue weighted by atomic mass is 35.5. The molecule has 1 aromatic rings. The summed E-state index contributed by atoms with van der Waals surface area (Å²) in [6.07, 6.45) is 0. The number of hydrogen-bond acceptors (Lipinski definition) is 2. The van der Waals surface area contributed by atoms with Crippen LogP contribution in [-0.4, -0.2) is 11.8 Å². The Morgan fingerprint density at radius 1 is 1.18 bits per heavy atom. The average molecular weight is 275 g/mol. The van der Waals surface area contributed by atoms with Gasteiger partial charge in [0.2, 0.25) is 5.91 Å². The predicted octanol–water partition coefficient (Wildman–Crippen LogP) is 2.41. The van der Waals surface area contributed by atoms with E-state index in [1.807, 2.05) is 0 Å². The van der Waals surface area contributed by atoms with Crippen molar-refractivity contribution in [3.8, 4) is 0 Å². The molecule has 0 aromatic heterocycles. The van der Waals surface area contributed by atoms with Gasteiger partial charge in [0.1, 0.15) is 0 Å². The van der Waals surface area contributed by atoms with Gasteiger partial charge in [-0.15, -0.1) is 0 Å². The minimum absolute atomic E-state index is 0.158. The van der Waals surface area contributed by atoms with Crippen molar-refractivity contribution in [3.05, 3.63) is 33.8 Å². The van der Waals surface area contributed by atoms with E-state index in [1.54, 1.807) is 26.0 Å². The number of carbonyl (C=O) groups is 2. The molecule has 1 rings (SSSR count). The van der Waals surface area contributed by atoms with Gasteiger partial charge in [-0.25, -0.2) is 0 Å². The minimum atomic E-state index is -0.508. The summed E-state index contributed by atoms with van der Waals surface area (Å²) in [5.74, 6) is -1.01. The normalized spacial score (nSPS) is 10.2. The van der Waals surface area contributed by atoms with Crippen molar-refractivity contribution in [3.63, 3.8) is 0 Å². The van der Waals surface area contributed by atoms with Gasteiger partial charge < -0.3 is 0 Å². The maximum atomic E-state index is 11.7. The quantitative estimate of drug-likeness (QED) is 0.814. The summed E-state index contributed by atoms with van der Waals surface area (Å²) in [4.78, 5) is 22.9. The number of amides is 2. The second-order valence-corrected chi connectivity index (χ2v) is 4.48. The smallest absolute Gasteiger partial charge is 0.271 e. The van der Waals surface area contributed by atoms with Crippen LogP contribution in [0.4, 0.5) is 0 Å². The van der Waals surface area contributed by atoms with Gasteiger partial charge in [0, 0.05) is 5.92 Å². The van der Waals surface area contributed by atoms with Crippen LogP contribution < -0.4 is 10.9 Å². The molecule has 1 aromatic carbocycles. The third-order valence-electron chi connectivity index (χ3n) is 2.02. The zero-order chi connectivity index (χ0) is 13.0. The Hall–Kier alpha value is -1.26. The Labute approximate surface area is 109 Å². The number of hydrazine groups is 1. The molecule has 0 aliphatic rings. The summed E-state index contributed by atoms with van der Waals surface area (Å²) in [6, 6.07) is 4.70. The zero-order valence-electron chi connectivity index (χ0n) is 9.38. The number of rotatable bonds is 2. The maximum Gasteiger partial charge on any atom is 0.271 e. The van der Waals surface area contributed by atoms with E-state index in [-0.39, 0.29) is 27.4 Å². The molecule has 0 fully saturated rings. The van der Waals surface area contributed by atoms with Crippen LogP contribution in [0.5, 0.6) is 0 Å². The summed E-state index contributed by atoms with van der Waals surface area (Å²) >= 11 is 11.6. The molecule has 4 nitrogen and oxygen atoms in total. The Bertz CT molecular complexity index is 447. The summed E-state index contributed by atoms with van der Waals surface area (Å²) in [5.41, 5.74) is 4.76. The van der Waals surface area contributed by atoms with Crippen molar-refractivity contribution in [2.75, 3.05) is 0 Å². The van der Waals surface area contributed by atoms with Gasteiger partial charge in [-0.05, 0) is 12.1 Å². The lowest BCUT2D eigenvalue weighted by Gasteiger charge is -2.10. The average Bonchev–Trinajstić information content (AvgIpc) is 2.29. The Kier molecular flexibility index (Phi) is 4.78. The molecule has 0 bridgehead atoms. The van der Waals surface area contributed by atoms with E-state index in [2.05, 4.69) is 10.9 Å². The van der Waals surface area contributed by atoms with Crippen molar-refractivity contribution >= 4 is 35.0 Å². The second-order valence-electron chi connectivity index (χ2n) is 3.70. The van der Waals surface area contributed by atoms with Crippen LogP contribution in [0.3, 0.4) is 0 Å². The molecule has 0 atom stereocenters. The molecule has 0 heterocycles. The number of nitrogens with one attached hydrogen (secondary N) is 2. The van der Waals surface area contributed by atoms with Gasteiger partial charge in [-0.1, -0.05) is 43.1 Å². The molecule has 2 N–H and O–H groups in total. The molecule has 0 unspecified atom stereocenters. The van der Waals surface area contributed by atoms with Crippen LogP contribution in [0.2, 0.25) is 10.0 Å². The van der Waals surface area contributed by atoms with Gasteiger partial charge in [-0.2, -0.15) is 0 Å². The third-order valence-corrected chi connectivity index (χ3v) is 2.84. The summed E-state index contributed by atoms with van der Waals surface area (Å²) in [6.45, 7) is 3.43. The van der Waals surface area contributed by atoms with Crippen LogP contribution >= 0.6 is 23.2 Å². The first-order valence-electron chi connectivity index (χ1n) is 4.97. The van der Waals surface area contributed by atoms with Crippen LogP contribution in [0.1, 0.15) is 24.2 Å². The SMILES string of the molecule is CC(C)C(=O)NNC(=O)c1cccc(Cl)c1Cl. The first kappa shape index (κ1) is 13.8. The summed E-state index contributed by atoms with van der Waals surface area (Å²) < 4.78 is 0. The Morgan fingerprint density at radius 3 is 2.41 bits per heavy atom. The third kappa shape index (κ3) is 3.61. The highest BCUT2D eigenvalue weighted by Crippen LogP contribution is 2.25. The fraction of sp³-hybridized carbons (Fsp3) is 0.273. The van der Waals surface area contributed by atoms with E-state index >= 15 is 0 Å². The highest BCUT2D eigenvalue weighted by molar-refractivity contribution is 6.43. The fourth-order valence-electron chi connectivity index (χ4n) is 1.01. The lowest BCUT2D eigenvalue weighted by atomic mass is 10.2. The van der Waals surface area contributed by atoms with Gasteiger partial charge in [0.25, 0.3) is 5.91 Å². The Morgan fingerprint density at radius 2 is 1.82 bits per heavy atom. The molecular formula is C11H12Cl2N2O2. The summed E-state index contributed by atoms with van der Waals surface area (Å²) in [5, 5.41) is 0.444. The zero-order valence-corrected chi connectivity index (χ0v) is 10.9.